The molecule has 0 atom stereocenters. The summed E-state index contributed by atoms with van der Waals surface area (Å²) in [6.45, 7) is 1.29. The van der Waals surface area contributed by atoms with Crippen LogP contribution in [0.1, 0.15) is 15.9 Å². The van der Waals surface area contributed by atoms with Crippen LogP contribution >= 0.6 is 0 Å². The zero-order valence-electron chi connectivity index (χ0n) is 6.40. The van der Waals surface area contributed by atoms with Crippen molar-refractivity contribution in [2.24, 2.45) is 5.73 Å². The van der Waals surface area contributed by atoms with E-state index >= 15 is 0 Å². The Hall–Kier alpha value is -1.45. The molecule has 0 saturated carbocycles. The highest BCUT2D eigenvalue weighted by atomic mass is 19.1. The second kappa shape index (κ2) is 2.89. The zero-order valence-corrected chi connectivity index (χ0v) is 6.40. The fourth-order valence-corrected chi connectivity index (χ4v) is 0.788. The Balaban J connectivity index is 3.31. The highest BCUT2D eigenvalue weighted by Crippen LogP contribution is 2.13. The molecule has 0 fully saturated rings. The molecular formula is C8H7F2NO. The largest absolute Gasteiger partial charge is 0.366 e. The molecular weight excluding hydrogens is 164 g/mol. The van der Waals surface area contributed by atoms with Gasteiger partial charge in [-0.3, -0.25) is 4.79 Å². The van der Waals surface area contributed by atoms with Gasteiger partial charge in [-0.05, 0) is 19.1 Å². The van der Waals surface area contributed by atoms with E-state index < -0.39 is 17.5 Å². The fourth-order valence-electron chi connectivity index (χ4n) is 0.788. The molecule has 2 N–H and O–H groups in total. The molecule has 0 bridgehead atoms. The van der Waals surface area contributed by atoms with Gasteiger partial charge in [-0.25, -0.2) is 8.78 Å². The molecule has 0 aliphatic heterocycles. The van der Waals surface area contributed by atoms with Crippen molar-refractivity contribution in [1.82, 2.24) is 0 Å². The molecule has 0 aliphatic carbocycles. The first kappa shape index (κ1) is 8.64. The van der Waals surface area contributed by atoms with E-state index in [4.69, 9.17) is 5.73 Å². The van der Waals surface area contributed by atoms with Crippen molar-refractivity contribution in [2.45, 2.75) is 6.92 Å². The summed E-state index contributed by atoms with van der Waals surface area (Å²) in [5, 5.41) is 0. The monoisotopic (exact) mass is 171 g/mol. The maximum absolute atomic E-state index is 12.8. The van der Waals surface area contributed by atoms with E-state index in [0.717, 1.165) is 12.1 Å². The fraction of sp³-hybridized carbons (Fsp3) is 0.125. The summed E-state index contributed by atoms with van der Waals surface area (Å²) in [5.74, 6) is -2.36. The molecule has 0 aliphatic rings. The van der Waals surface area contributed by atoms with E-state index in [1.54, 1.807) is 0 Å². The van der Waals surface area contributed by atoms with Gasteiger partial charge in [0.05, 0.1) is 0 Å². The third-order valence-electron chi connectivity index (χ3n) is 1.57. The Labute approximate surface area is 68.0 Å². The van der Waals surface area contributed by atoms with Gasteiger partial charge in [-0.2, -0.15) is 0 Å². The first-order valence-corrected chi connectivity index (χ1v) is 3.28. The van der Waals surface area contributed by atoms with Gasteiger partial charge >= 0.3 is 0 Å². The van der Waals surface area contributed by atoms with Gasteiger partial charge < -0.3 is 5.73 Å². The predicted molar refractivity (Wildman–Crippen MR) is 39.6 cm³/mol. The quantitative estimate of drug-likeness (QED) is 0.681. The molecule has 0 saturated heterocycles. The van der Waals surface area contributed by atoms with Crippen LogP contribution in [0.15, 0.2) is 12.1 Å². The van der Waals surface area contributed by atoms with Crippen molar-refractivity contribution in [1.29, 1.82) is 0 Å². The van der Waals surface area contributed by atoms with Crippen molar-refractivity contribution < 1.29 is 13.6 Å². The molecule has 0 spiro atoms. The molecule has 1 aromatic rings. The van der Waals surface area contributed by atoms with Crippen molar-refractivity contribution in [3.05, 3.63) is 34.9 Å². The second-order valence-electron chi connectivity index (χ2n) is 2.43. The van der Waals surface area contributed by atoms with E-state index in [2.05, 4.69) is 0 Å². The minimum atomic E-state index is -0.840. The number of hydrogen-bond acceptors (Lipinski definition) is 1. The lowest BCUT2D eigenvalue weighted by Gasteiger charge is -2.00. The standard InChI is InChI=1S/C8H7F2NO/c1-4-6(9)2-5(8(11)12)3-7(4)10/h2-3H,1H3,(H2,11,12). The van der Waals surface area contributed by atoms with Crippen molar-refractivity contribution in [3.63, 3.8) is 0 Å². The first-order chi connectivity index (χ1) is 5.52. The molecule has 64 valence electrons. The predicted octanol–water partition coefficient (Wildman–Crippen LogP) is 1.37. The molecule has 1 rings (SSSR count). The Morgan fingerprint density at radius 3 is 2.08 bits per heavy atom. The van der Waals surface area contributed by atoms with E-state index in [1.165, 1.54) is 6.92 Å². The van der Waals surface area contributed by atoms with Crippen molar-refractivity contribution in [3.8, 4) is 0 Å². The average Bonchev–Trinajstić information content (AvgIpc) is 1.99. The zero-order chi connectivity index (χ0) is 9.30. The maximum atomic E-state index is 12.8. The molecule has 0 aromatic heterocycles. The summed E-state index contributed by atoms with van der Waals surface area (Å²) in [5.41, 5.74) is 4.56. The number of amides is 1. The summed E-state index contributed by atoms with van der Waals surface area (Å²) in [6.07, 6.45) is 0. The lowest BCUT2D eigenvalue weighted by molar-refractivity contribution is 0.0999. The number of rotatable bonds is 1. The number of hydrogen-bond donors (Lipinski definition) is 1. The van der Waals surface area contributed by atoms with E-state index in [1.807, 2.05) is 0 Å². The maximum Gasteiger partial charge on any atom is 0.248 e. The van der Waals surface area contributed by atoms with Gasteiger partial charge in [0.15, 0.2) is 0 Å². The Bertz CT molecular complexity index is 313. The first-order valence-electron chi connectivity index (χ1n) is 3.28. The van der Waals surface area contributed by atoms with Gasteiger partial charge in [0, 0.05) is 11.1 Å². The molecule has 4 heteroatoms. The number of primary amides is 1. The number of carbonyl (C=O) groups is 1. The number of nitrogens with two attached hydrogens (primary N) is 1. The molecule has 2 nitrogen and oxygen atoms in total. The van der Waals surface area contributed by atoms with Crippen LogP contribution < -0.4 is 5.73 Å². The third kappa shape index (κ3) is 1.42. The van der Waals surface area contributed by atoms with Gasteiger partial charge in [0.2, 0.25) is 5.91 Å². The van der Waals surface area contributed by atoms with Gasteiger partial charge in [-0.15, -0.1) is 0 Å². The summed E-state index contributed by atoms with van der Waals surface area (Å²) in [7, 11) is 0. The van der Waals surface area contributed by atoms with Crippen LogP contribution in [-0.4, -0.2) is 5.91 Å². The van der Waals surface area contributed by atoms with Crippen LogP contribution in [0, 0.1) is 18.6 Å². The summed E-state index contributed by atoms with van der Waals surface area (Å²) < 4.78 is 25.5. The molecule has 0 radical (unpaired) electrons. The van der Waals surface area contributed by atoms with E-state index in [0.29, 0.717) is 0 Å². The Morgan fingerprint density at radius 2 is 1.75 bits per heavy atom. The number of carbonyl (C=O) groups excluding carboxylic acids is 1. The molecule has 12 heavy (non-hydrogen) atoms. The minimum absolute atomic E-state index is 0.111. The van der Waals surface area contributed by atoms with Crippen LogP contribution in [0.3, 0.4) is 0 Å². The smallest absolute Gasteiger partial charge is 0.248 e. The highest BCUT2D eigenvalue weighted by molar-refractivity contribution is 5.92. The molecule has 1 aromatic carbocycles. The van der Waals surface area contributed by atoms with Crippen molar-refractivity contribution >= 4 is 5.91 Å². The lowest BCUT2D eigenvalue weighted by atomic mass is 10.1. The Kier molecular flexibility index (Phi) is 2.08. The topological polar surface area (TPSA) is 43.1 Å². The average molecular weight is 171 g/mol. The van der Waals surface area contributed by atoms with Crippen LogP contribution in [0.4, 0.5) is 8.78 Å². The normalized spacial score (nSPS) is 9.92. The van der Waals surface area contributed by atoms with Crippen molar-refractivity contribution in [2.75, 3.05) is 0 Å². The van der Waals surface area contributed by atoms with Crippen LogP contribution in [0.25, 0.3) is 0 Å². The van der Waals surface area contributed by atoms with Gasteiger partial charge in [0.25, 0.3) is 0 Å². The SMILES string of the molecule is Cc1c(F)cc(C(N)=O)cc1F. The van der Waals surface area contributed by atoms with E-state index in [9.17, 15) is 13.6 Å². The molecule has 0 heterocycles. The molecule has 0 unspecified atom stereocenters. The summed E-state index contributed by atoms with van der Waals surface area (Å²) >= 11 is 0. The van der Waals surface area contributed by atoms with Crippen LogP contribution in [0.2, 0.25) is 0 Å². The Morgan fingerprint density at radius 1 is 1.33 bits per heavy atom. The van der Waals surface area contributed by atoms with Gasteiger partial charge in [0.1, 0.15) is 11.6 Å². The molecule has 1 amide bonds. The van der Waals surface area contributed by atoms with Gasteiger partial charge in [-0.1, -0.05) is 0 Å². The number of benzene rings is 1. The lowest BCUT2D eigenvalue weighted by Crippen LogP contribution is -2.12. The number of halogens is 2. The van der Waals surface area contributed by atoms with Crippen LogP contribution in [0.5, 0.6) is 0 Å². The highest BCUT2D eigenvalue weighted by Gasteiger charge is 2.09. The second-order valence-corrected chi connectivity index (χ2v) is 2.43. The third-order valence-corrected chi connectivity index (χ3v) is 1.57. The minimum Gasteiger partial charge on any atom is -0.366 e. The van der Waals surface area contributed by atoms with E-state index in [-0.39, 0.29) is 11.1 Å². The summed E-state index contributed by atoms with van der Waals surface area (Å²) in [6, 6.07) is 1.83. The van der Waals surface area contributed by atoms with Crippen LogP contribution in [-0.2, 0) is 0 Å². The summed E-state index contributed by atoms with van der Waals surface area (Å²) in [4.78, 5) is 10.5.